The number of aryl methyl sites for hydroxylation is 1. The van der Waals surface area contributed by atoms with Gasteiger partial charge in [0.2, 0.25) is 5.91 Å². The van der Waals surface area contributed by atoms with Crippen LogP contribution in [-0.2, 0) is 16.6 Å². The van der Waals surface area contributed by atoms with Crippen molar-refractivity contribution >= 4 is 11.6 Å². The fourth-order valence-electron chi connectivity index (χ4n) is 4.64. The van der Waals surface area contributed by atoms with Crippen molar-refractivity contribution in [3.63, 3.8) is 0 Å². The highest BCUT2D eigenvalue weighted by Gasteiger charge is 2.43. The second-order valence-corrected chi connectivity index (χ2v) is 8.23. The summed E-state index contributed by atoms with van der Waals surface area (Å²) >= 11 is 0. The lowest BCUT2D eigenvalue weighted by atomic mass is 9.69. The molecule has 3 aromatic rings. The number of ether oxygens (including phenoxy) is 1. The molecule has 4 rings (SSSR count). The minimum atomic E-state index is -0.188. The van der Waals surface area contributed by atoms with Crippen LogP contribution in [0.1, 0.15) is 31.4 Å². The number of amides is 1. The molecule has 1 saturated carbocycles. The normalized spacial score (nSPS) is 23.8. The van der Waals surface area contributed by atoms with Gasteiger partial charge in [0.1, 0.15) is 0 Å². The van der Waals surface area contributed by atoms with Gasteiger partial charge in [-0.2, -0.15) is 5.10 Å². The number of hydrogen-bond acceptors (Lipinski definition) is 3. The second kappa shape index (κ2) is 8.84. The molecule has 0 bridgehead atoms. The zero-order valence-corrected chi connectivity index (χ0v) is 17.8. The summed E-state index contributed by atoms with van der Waals surface area (Å²) in [6, 6.07) is 20.3. The molecule has 1 aliphatic carbocycles. The summed E-state index contributed by atoms with van der Waals surface area (Å²) in [5, 5.41) is 7.75. The van der Waals surface area contributed by atoms with Crippen LogP contribution in [0.4, 0.5) is 5.69 Å². The van der Waals surface area contributed by atoms with Gasteiger partial charge in [0.05, 0.1) is 17.7 Å². The Morgan fingerprint density at radius 2 is 1.73 bits per heavy atom. The fraction of sp³-hybridized carbons (Fsp3) is 0.360. The molecule has 0 radical (unpaired) electrons. The van der Waals surface area contributed by atoms with Crippen molar-refractivity contribution < 1.29 is 9.53 Å². The maximum atomic E-state index is 13.4. The van der Waals surface area contributed by atoms with Crippen LogP contribution in [0.3, 0.4) is 0 Å². The van der Waals surface area contributed by atoms with E-state index in [1.54, 1.807) is 11.8 Å². The Labute approximate surface area is 178 Å². The lowest BCUT2D eigenvalue weighted by Crippen LogP contribution is -2.43. The van der Waals surface area contributed by atoms with Gasteiger partial charge >= 0.3 is 0 Å². The summed E-state index contributed by atoms with van der Waals surface area (Å²) in [7, 11) is 3.63. The van der Waals surface area contributed by atoms with Crippen LogP contribution in [0, 0.1) is 11.8 Å². The van der Waals surface area contributed by atoms with Crippen molar-refractivity contribution in [3.05, 3.63) is 72.6 Å². The quantitative estimate of drug-likeness (QED) is 0.661. The smallest absolute Gasteiger partial charge is 0.228 e. The molecule has 0 unspecified atom stereocenters. The summed E-state index contributed by atoms with van der Waals surface area (Å²) in [5.41, 5.74) is 4.03. The molecule has 2 aromatic carbocycles. The Balaban J connectivity index is 1.55. The Morgan fingerprint density at radius 3 is 2.37 bits per heavy atom. The Morgan fingerprint density at radius 1 is 1.03 bits per heavy atom. The third-order valence-electron chi connectivity index (χ3n) is 6.25. The van der Waals surface area contributed by atoms with Crippen molar-refractivity contribution in [1.82, 2.24) is 9.78 Å². The molecule has 156 valence electrons. The predicted octanol–water partition coefficient (Wildman–Crippen LogP) is 4.87. The number of aromatic nitrogens is 2. The van der Waals surface area contributed by atoms with Gasteiger partial charge in [-0.1, -0.05) is 49.4 Å². The summed E-state index contributed by atoms with van der Waals surface area (Å²) in [6.45, 7) is 2.16. The average Bonchev–Trinajstić information content (AvgIpc) is 3.20. The standard InChI is InChI=1S/C25H29N3O2/c1-17-9-14-22(30-3)24(21-15-16-28(2)27-21)23(17)25(29)26-20-12-10-19(11-13-20)18-7-5-4-6-8-18/h4-8,10-13,15-17,22-24H,9,14H2,1-3H3,(H,26,29)/t17-,22+,23+,24-/m0/s1. The lowest BCUT2D eigenvalue weighted by Gasteiger charge is -2.39. The van der Waals surface area contributed by atoms with Gasteiger partial charge in [0, 0.05) is 32.0 Å². The van der Waals surface area contributed by atoms with Gasteiger partial charge in [-0.25, -0.2) is 0 Å². The van der Waals surface area contributed by atoms with Crippen LogP contribution >= 0.6 is 0 Å². The number of hydrogen-bond donors (Lipinski definition) is 1. The van der Waals surface area contributed by atoms with E-state index < -0.39 is 0 Å². The van der Waals surface area contributed by atoms with Crippen molar-refractivity contribution in [2.45, 2.75) is 31.8 Å². The van der Waals surface area contributed by atoms with E-state index in [9.17, 15) is 4.79 Å². The summed E-state index contributed by atoms with van der Waals surface area (Å²) in [6.07, 6.45) is 3.83. The lowest BCUT2D eigenvalue weighted by molar-refractivity contribution is -0.126. The van der Waals surface area contributed by atoms with Crippen LogP contribution in [0.15, 0.2) is 66.9 Å². The van der Waals surface area contributed by atoms with Gasteiger partial charge in [-0.05, 0) is 48.1 Å². The van der Waals surface area contributed by atoms with Gasteiger partial charge < -0.3 is 10.1 Å². The molecular formula is C25H29N3O2. The molecule has 5 heteroatoms. The van der Waals surface area contributed by atoms with Gasteiger partial charge in [-0.15, -0.1) is 0 Å². The average molecular weight is 404 g/mol. The minimum Gasteiger partial charge on any atom is -0.381 e. The Hall–Kier alpha value is -2.92. The largest absolute Gasteiger partial charge is 0.381 e. The molecule has 0 saturated heterocycles. The maximum absolute atomic E-state index is 13.4. The maximum Gasteiger partial charge on any atom is 0.228 e. The third-order valence-corrected chi connectivity index (χ3v) is 6.25. The monoisotopic (exact) mass is 403 g/mol. The first-order valence-corrected chi connectivity index (χ1v) is 10.6. The van der Waals surface area contributed by atoms with Crippen molar-refractivity contribution in [2.75, 3.05) is 12.4 Å². The van der Waals surface area contributed by atoms with E-state index in [-0.39, 0.29) is 29.8 Å². The van der Waals surface area contributed by atoms with Gasteiger partial charge in [0.15, 0.2) is 0 Å². The van der Waals surface area contributed by atoms with Crippen LogP contribution in [0.5, 0.6) is 0 Å². The van der Waals surface area contributed by atoms with Crippen LogP contribution < -0.4 is 5.32 Å². The van der Waals surface area contributed by atoms with Crippen LogP contribution in [-0.4, -0.2) is 28.9 Å². The van der Waals surface area contributed by atoms with E-state index in [0.717, 1.165) is 35.3 Å². The Kier molecular flexibility index (Phi) is 6.00. The molecule has 0 spiro atoms. The fourth-order valence-corrected chi connectivity index (χ4v) is 4.64. The number of rotatable bonds is 5. The van der Waals surface area contributed by atoms with E-state index in [1.807, 2.05) is 61.8 Å². The van der Waals surface area contributed by atoms with E-state index in [0.29, 0.717) is 0 Å². The van der Waals surface area contributed by atoms with E-state index >= 15 is 0 Å². The van der Waals surface area contributed by atoms with Crippen molar-refractivity contribution in [3.8, 4) is 11.1 Å². The first-order valence-electron chi connectivity index (χ1n) is 10.6. The summed E-state index contributed by atoms with van der Waals surface area (Å²) in [4.78, 5) is 13.4. The number of anilines is 1. The van der Waals surface area contributed by atoms with Crippen molar-refractivity contribution in [1.29, 1.82) is 0 Å². The second-order valence-electron chi connectivity index (χ2n) is 8.23. The predicted molar refractivity (Wildman–Crippen MR) is 119 cm³/mol. The summed E-state index contributed by atoms with van der Waals surface area (Å²) in [5.74, 6) is 0.0512. The number of methoxy groups -OCH3 is 1. The zero-order chi connectivity index (χ0) is 21.1. The Bertz CT molecular complexity index is 981. The van der Waals surface area contributed by atoms with Gasteiger partial charge in [-0.3, -0.25) is 9.48 Å². The molecule has 1 amide bonds. The number of nitrogens with zero attached hydrogens (tertiary/aromatic N) is 2. The highest BCUT2D eigenvalue weighted by molar-refractivity contribution is 5.93. The van der Waals surface area contributed by atoms with Gasteiger partial charge in [0.25, 0.3) is 0 Å². The van der Waals surface area contributed by atoms with E-state index in [2.05, 4.69) is 29.5 Å². The first-order chi connectivity index (χ1) is 14.6. The van der Waals surface area contributed by atoms with Crippen LogP contribution in [0.2, 0.25) is 0 Å². The minimum absolute atomic E-state index is 0.00712. The highest BCUT2D eigenvalue weighted by atomic mass is 16.5. The van der Waals surface area contributed by atoms with Crippen molar-refractivity contribution in [2.24, 2.45) is 18.9 Å². The number of nitrogens with one attached hydrogen (secondary N) is 1. The number of benzene rings is 2. The molecule has 5 nitrogen and oxygen atoms in total. The molecule has 1 aromatic heterocycles. The third kappa shape index (κ3) is 4.17. The topological polar surface area (TPSA) is 56.1 Å². The molecule has 0 aliphatic heterocycles. The molecule has 1 N–H and O–H groups in total. The molecule has 30 heavy (non-hydrogen) atoms. The van der Waals surface area contributed by atoms with E-state index in [1.165, 1.54) is 0 Å². The highest BCUT2D eigenvalue weighted by Crippen LogP contribution is 2.42. The zero-order valence-electron chi connectivity index (χ0n) is 17.8. The number of carbonyl (C=O) groups is 1. The molecule has 1 aliphatic rings. The van der Waals surface area contributed by atoms with E-state index in [4.69, 9.17) is 4.74 Å². The SMILES string of the molecule is CO[C@@H]1CC[C@H](C)[C@@H](C(=O)Nc2ccc(-c3ccccc3)cc2)[C@H]1c1ccn(C)n1. The molecule has 4 atom stereocenters. The summed E-state index contributed by atoms with van der Waals surface area (Å²) < 4.78 is 7.57. The van der Waals surface area contributed by atoms with Crippen LogP contribution in [0.25, 0.3) is 11.1 Å². The molecule has 1 heterocycles. The molecule has 1 fully saturated rings. The molecular weight excluding hydrogens is 374 g/mol. The first kappa shape index (κ1) is 20.4. The number of carbonyl (C=O) groups excluding carboxylic acids is 1.